The highest BCUT2D eigenvalue weighted by molar-refractivity contribution is 6.18. The number of nitrogens with zero attached hydrogens (tertiary/aromatic N) is 1. The normalized spacial score (nSPS) is 10.8. The van der Waals surface area contributed by atoms with Gasteiger partial charge >= 0.3 is 6.09 Å². The fourth-order valence-corrected chi connectivity index (χ4v) is 2.58. The molecule has 0 saturated carbocycles. The average Bonchev–Trinajstić information content (AvgIpc) is 2.90. The van der Waals surface area contributed by atoms with Gasteiger partial charge in [0.25, 0.3) is 0 Å². The second-order valence-electron chi connectivity index (χ2n) is 4.59. The molecular weight excluding hydrogens is 311 g/mol. The molecule has 0 atom stereocenters. The molecule has 0 spiro atoms. The van der Waals surface area contributed by atoms with Crippen molar-refractivity contribution in [1.29, 1.82) is 0 Å². The van der Waals surface area contributed by atoms with Gasteiger partial charge in [-0.2, -0.15) is 0 Å². The quantitative estimate of drug-likeness (QED) is 0.789. The lowest BCUT2D eigenvalue weighted by Gasteiger charge is -2.19. The van der Waals surface area contributed by atoms with Crippen LogP contribution in [0.1, 0.15) is 5.56 Å². The van der Waals surface area contributed by atoms with Gasteiger partial charge < -0.3 is 14.6 Å². The van der Waals surface area contributed by atoms with Crippen LogP contribution >= 0.6 is 23.2 Å². The minimum absolute atomic E-state index is 0.335. The van der Waals surface area contributed by atoms with Crippen molar-refractivity contribution >= 4 is 40.2 Å². The van der Waals surface area contributed by atoms with Crippen molar-refractivity contribution in [2.75, 3.05) is 31.5 Å². The molecule has 2 aromatic rings. The number of para-hydroxylation sites is 1. The zero-order valence-electron chi connectivity index (χ0n) is 11.6. The number of alkyl halides is 2. The molecular formula is C15H18Cl2N2O2. The van der Waals surface area contributed by atoms with Crippen molar-refractivity contribution in [1.82, 2.24) is 9.88 Å². The van der Waals surface area contributed by atoms with Crippen LogP contribution in [0.5, 0.6) is 0 Å². The molecule has 21 heavy (non-hydrogen) atoms. The van der Waals surface area contributed by atoms with E-state index in [1.165, 1.54) is 4.90 Å². The molecule has 0 bridgehead atoms. The van der Waals surface area contributed by atoms with Crippen molar-refractivity contribution in [3.05, 3.63) is 36.0 Å². The van der Waals surface area contributed by atoms with Crippen LogP contribution in [-0.4, -0.2) is 47.4 Å². The fraction of sp³-hybridized carbons (Fsp3) is 0.400. The number of ether oxygens (including phenoxy) is 1. The highest BCUT2D eigenvalue weighted by Gasteiger charge is 2.13. The number of carbonyl (C=O) groups is 1. The Hall–Kier alpha value is -1.39. The predicted molar refractivity (Wildman–Crippen MR) is 86.4 cm³/mol. The van der Waals surface area contributed by atoms with E-state index in [1.807, 2.05) is 24.4 Å². The van der Waals surface area contributed by atoms with Crippen LogP contribution in [-0.2, 0) is 11.2 Å². The summed E-state index contributed by atoms with van der Waals surface area (Å²) in [6.45, 7) is 1.22. The Morgan fingerprint density at radius 3 is 2.62 bits per heavy atom. The standard InChI is InChI=1S/C15H18Cl2N2O2/c16-6-8-19(9-7-17)15(20)21-10-5-12-11-18-14-4-2-1-3-13(12)14/h1-4,11,18H,5-10H2. The molecule has 0 aliphatic carbocycles. The number of hydrogen-bond acceptors (Lipinski definition) is 2. The summed E-state index contributed by atoms with van der Waals surface area (Å²) in [4.78, 5) is 16.6. The Balaban J connectivity index is 1.87. The van der Waals surface area contributed by atoms with Gasteiger partial charge in [-0.15, -0.1) is 23.2 Å². The molecule has 114 valence electrons. The molecule has 0 aliphatic heterocycles. The number of halogens is 2. The average molecular weight is 329 g/mol. The number of amides is 1. The topological polar surface area (TPSA) is 45.3 Å². The second kappa shape index (κ2) is 8.15. The zero-order chi connectivity index (χ0) is 15.1. The Bertz CT molecular complexity index is 580. The van der Waals surface area contributed by atoms with Crippen LogP contribution in [0.15, 0.2) is 30.5 Å². The number of hydrogen-bond donors (Lipinski definition) is 1. The zero-order valence-corrected chi connectivity index (χ0v) is 13.2. The second-order valence-corrected chi connectivity index (χ2v) is 5.34. The Labute approximate surface area is 134 Å². The number of aromatic amines is 1. The SMILES string of the molecule is O=C(OCCc1c[nH]c2ccccc12)N(CCCl)CCCl. The number of benzene rings is 1. The molecule has 1 amide bonds. The molecule has 1 heterocycles. The Kier molecular flexibility index (Phi) is 6.21. The number of fused-ring (bicyclic) bond motifs is 1. The number of nitrogens with one attached hydrogen (secondary N) is 1. The first-order chi connectivity index (χ1) is 10.3. The molecule has 6 heteroatoms. The van der Waals surface area contributed by atoms with E-state index < -0.39 is 0 Å². The van der Waals surface area contributed by atoms with Gasteiger partial charge in [0.05, 0.1) is 6.61 Å². The highest BCUT2D eigenvalue weighted by atomic mass is 35.5. The summed E-state index contributed by atoms with van der Waals surface area (Å²) in [5, 5.41) is 1.16. The number of aromatic nitrogens is 1. The maximum Gasteiger partial charge on any atom is 0.409 e. The molecule has 0 unspecified atom stereocenters. The van der Waals surface area contributed by atoms with Gasteiger partial charge in [-0.05, 0) is 11.6 Å². The first-order valence-electron chi connectivity index (χ1n) is 6.85. The number of carbonyl (C=O) groups excluding carboxylic acids is 1. The summed E-state index contributed by atoms with van der Waals surface area (Å²) in [7, 11) is 0. The van der Waals surface area contributed by atoms with E-state index in [1.54, 1.807) is 0 Å². The van der Waals surface area contributed by atoms with E-state index >= 15 is 0 Å². The van der Waals surface area contributed by atoms with Crippen LogP contribution < -0.4 is 0 Å². The van der Waals surface area contributed by atoms with Crippen LogP contribution in [0.2, 0.25) is 0 Å². The van der Waals surface area contributed by atoms with Gasteiger partial charge in [0.1, 0.15) is 0 Å². The largest absolute Gasteiger partial charge is 0.449 e. The molecule has 4 nitrogen and oxygen atoms in total. The first-order valence-corrected chi connectivity index (χ1v) is 7.91. The molecule has 1 aromatic heterocycles. The molecule has 2 rings (SSSR count). The summed E-state index contributed by atoms with van der Waals surface area (Å²) in [6.07, 6.45) is 2.26. The smallest absolute Gasteiger partial charge is 0.409 e. The maximum atomic E-state index is 11.9. The molecule has 1 N–H and O–H groups in total. The third-order valence-electron chi connectivity index (χ3n) is 3.24. The summed E-state index contributed by atoms with van der Waals surface area (Å²) < 4.78 is 5.29. The maximum absolute atomic E-state index is 11.9. The third kappa shape index (κ3) is 4.29. The lowest BCUT2D eigenvalue weighted by atomic mass is 10.1. The van der Waals surface area contributed by atoms with Crippen molar-refractivity contribution in [3.63, 3.8) is 0 Å². The Morgan fingerprint density at radius 1 is 1.19 bits per heavy atom. The monoisotopic (exact) mass is 328 g/mol. The van der Waals surface area contributed by atoms with Crippen molar-refractivity contribution in [3.8, 4) is 0 Å². The van der Waals surface area contributed by atoms with Gasteiger partial charge in [0, 0.05) is 48.4 Å². The Morgan fingerprint density at radius 2 is 1.90 bits per heavy atom. The lowest BCUT2D eigenvalue weighted by molar-refractivity contribution is 0.108. The molecule has 1 aromatic carbocycles. The van der Waals surface area contributed by atoms with Gasteiger partial charge in [-0.25, -0.2) is 4.79 Å². The summed E-state index contributed by atoms with van der Waals surface area (Å²) in [5.41, 5.74) is 2.23. The van der Waals surface area contributed by atoms with E-state index in [9.17, 15) is 4.79 Å². The van der Waals surface area contributed by atoms with Crippen molar-refractivity contribution in [2.45, 2.75) is 6.42 Å². The van der Waals surface area contributed by atoms with Gasteiger partial charge in [0.2, 0.25) is 0 Å². The van der Waals surface area contributed by atoms with Crippen LogP contribution in [0.3, 0.4) is 0 Å². The van der Waals surface area contributed by atoms with E-state index in [4.69, 9.17) is 27.9 Å². The summed E-state index contributed by atoms with van der Waals surface area (Å²) in [6, 6.07) is 8.05. The molecule has 0 saturated heterocycles. The van der Waals surface area contributed by atoms with Crippen molar-refractivity contribution < 1.29 is 9.53 Å². The predicted octanol–water partition coefficient (Wildman–Crippen LogP) is 3.63. The van der Waals surface area contributed by atoms with E-state index in [-0.39, 0.29) is 6.09 Å². The first kappa shape index (κ1) is 16.0. The van der Waals surface area contributed by atoms with Gasteiger partial charge in [-0.3, -0.25) is 0 Å². The van der Waals surface area contributed by atoms with E-state index in [0.717, 1.165) is 16.5 Å². The lowest BCUT2D eigenvalue weighted by Crippen LogP contribution is -2.35. The fourth-order valence-electron chi connectivity index (χ4n) is 2.18. The van der Waals surface area contributed by atoms with Crippen LogP contribution in [0.4, 0.5) is 4.79 Å². The van der Waals surface area contributed by atoms with E-state index in [2.05, 4.69) is 11.1 Å². The number of rotatable bonds is 7. The van der Waals surface area contributed by atoms with Crippen LogP contribution in [0.25, 0.3) is 10.9 Å². The van der Waals surface area contributed by atoms with Crippen molar-refractivity contribution in [2.24, 2.45) is 0 Å². The van der Waals surface area contributed by atoms with Gasteiger partial charge in [0.15, 0.2) is 0 Å². The highest BCUT2D eigenvalue weighted by Crippen LogP contribution is 2.18. The molecule has 0 fully saturated rings. The van der Waals surface area contributed by atoms with Gasteiger partial charge in [-0.1, -0.05) is 18.2 Å². The number of H-pyrrole nitrogens is 1. The summed E-state index contributed by atoms with van der Waals surface area (Å²) >= 11 is 11.3. The van der Waals surface area contributed by atoms with Crippen LogP contribution in [0, 0.1) is 0 Å². The summed E-state index contributed by atoms with van der Waals surface area (Å²) in [5.74, 6) is 0.739. The van der Waals surface area contributed by atoms with E-state index in [0.29, 0.717) is 37.9 Å². The minimum Gasteiger partial charge on any atom is -0.449 e. The minimum atomic E-state index is -0.365. The molecule has 0 aliphatic rings. The molecule has 0 radical (unpaired) electrons. The third-order valence-corrected chi connectivity index (χ3v) is 3.58.